The van der Waals surface area contributed by atoms with E-state index in [9.17, 15) is 0 Å². The third kappa shape index (κ3) is 6.30. The molecule has 74 heavy (non-hydrogen) atoms. The van der Waals surface area contributed by atoms with Gasteiger partial charge in [-0.15, -0.1) is 0 Å². The van der Waals surface area contributed by atoms with Crippen LogP contribution in [0.3, 0.4) is 0 Å². The summed E-state index contributed by atoms with van der Waals surface area (Å²) in [4.78, 5) is 4.93. The number of anilines is 6. The van der Waals surface area contributed by atoms with Gasteiger partial charge in [-0.1, -0.05) is 201 Å². The molecule has 10 aromatic rings. The van der Waals surface area contributed by atoms with Crippen LogP contribution in [0.15, 0.2) is 218 Å². The Morgan fingerprint density at radius 2 is 0.541 bits per heavy atom. The topological polar surface area (TPSA) is 6.48 Å². The number of hydrogen-bond acceptors (Lipinski definition) is 2. The molecule has 358 valence electrons. The van der Waals surface area contributed by atoms with E-state index in [1.807, 2.05) is 0 Å². The third-order valence-corrected chi connectivity index (χ3v) is 17.8. The molecule has 0 spiro atoms. The van der Waals surface area contributed by atoms with Crippen LogP contribution in [-0.4, -0.2) is 0 Å². The maximum absolute atomic E-state index is 2.52. The summed E-state index contributed by atoms with van der Waals surface area (Å²) in [6.07, 6.45) is 0. The minimum absolute atomic E-state index is 0.131. The fourth-order valence-corrected chi connectivity index (χ4v) is 13.7. The smallest absolute Gasteiger partial charge is 0.0508 e. The summed E-state index contributed by atoms with van der Waals surface area (Å²) in [6, 6.07) is 82.4. The first-order valence-electron chi connectivity index (χ1n) is 26.5. The van der Waals surface area contributed by atoms with Gasteiger partial charge in [-0.3, -0.25) is 0 Å². The van der Waals surface area contributed by atoms with Gasteiger partial charge in [-0.2, -0.15) is 0 Å². The van der Waals surface area contributed by atoms with E-state index in [0.717, 1.165) is 0 Å². The maximum Gasteiger partial charge on any atom is 0.0508 e. The monoisotopic (exact) mass is 952 g/mol. The minimum atomic E-state index is -0.186. The lowest BCUT2D eigenvalue weighted by Gasteiger charge is -2.42. The Morgan fingerprint density at radius 1 is 0.216 bits per heavy atom. The molecule has 10 aromatic carbocycles. The van der Waals surface area contributed by atoms with Crippen molar-refractivity contribution in [3.05, 3.63) is 263 Å². The Bertz CT molecular complexity index is 3950. The normalized spacial score (nSPS) is 16.2. The highest BCUT2D eigenvalue weighted by Gasteiger charge is 2.43. The van der Waals surface area contributed by atoms with Crippen LogP contribution >= 0.6 is 0 Å². The van der Waals surface area contributed by atoms with Crippen molar-refractivity contribution < 1.29 is 0 Å². The zero-order valence-electron chi connectivity index (χ0n) is 43.7. The number of para-hydroxylation sites is 4. The van der Waals surface area contributed by atoms with Crippen molar-refractivity contribution in [1.29, 1.82) is 0 Å². The van der Waals surface area contributed by atoms with Gasteiger partial charge < -0.3 is 9.80 Å². The second-order valence-corrected chi connectivity index (χ2v) is 23.4. The second-order valence-electron chi connectivity index (χ2n) is 23.4. The Labute approximate surface area is 437 Å². The highest BCUT2D eigenvalue weighted by atomic mass is 15.2. The van der Waals surface area contributed by atoms with E-state index in [1.165, 1.54) is 134 Å². The van der Waals surface area contributed by atoms with Gasteiger partial charge in [-0.25, -0.2) is 0 Å². The van der Waals surface area contributed by atoms with Gasteiger partial charge >= 0.3 is 0 Å². The molecule has 0 fully saturated rings. The van der Waals surface area contributed by atoms with Crippen molar-refractivity contribution in [1.82, 2.24) is 0 Å². The lowest BCUT2D eigenvalue weighted by Crippen LogP contribution is -2.31. The summed E-state index contributed by atoms with van der Waals surface area (Å²) in [5.41, 5.74) is 30.5. The summed E-state index contributed by atoms with van der Waals surface area (Å²) in [7, 11) is 0. The third-order valence-electron chi connectivity index (χ3n) is 17.8. The molecular weight excluding hydrogens is 893 g/mol. The second kappa shape index (κ2) is 15.7. The molecule has 0 saturated heterocycles. The number of rotatable bonds is 5. The predicted octanol–water partition coefficient (Wildman–Crippen LogP) is 19.5. The standard InChI is InChI=1S/C72H60N2/c1-69(2)57-23-15-17-25-65(57)73(51-19-11-9-12-20-51)67-42-50(34-38-59(67)69)46-29-27-45(28-30-46)47-31-35-53-54-36-32-48(40-61(54)71(5,6)60(53)39-47)49-33-37-55-56-43-64-68(44-63(56)72(7,8)62(55)41-49)74(52-21-13-10-14-22-52)66-26-18-16-24-58(66)70(64,3)4/h9-44H,1-8H3. The average molecular weight is 953 g/mol. The number of nitrogens with zero attached hydrogens (tertiary/aromatic N) is 2. The largest absolute Gasteiger partial charge is 0.310 e. The number of hydrogen-bond donors (Lipinski definition) is 0. The van der Waals surface area contributed by atoms with E-state index in [2.05, 4.69) is 284 Å². The molecule has 0 amide bonds. The molecule has 2 heteroatoms. The molecule has 0 bridgehead atoms. The molecule has 0 saturated carbocycles. The average Bonchev–Trinajstić information content (AvgIpc) is 3.81. The predicted molar refractivity (Wildman–Crippen MR) is 312 cm³/mol. The van der Waals surface area contributed by atoms with Crippen LogP contribution < -0.4 is 9.80 Å². The van der Waals surface area contributed by atoms with Crippen molar-refractivity contribution in [3.8, 4) is 55.6 Å². The minimum Gasteiger partial charge on any atom is -0.310 e. The van der Waals surface area contributed by atoms with Crippen LogP contribution in [-0.2, 0) is 21.7 Å². The molecule has 0 radical (unpaired) electrons. The van der Waals surface area contributed by atoms with Crippen molar-refractivity contribution in [2.75, 3.05) is 9.80 Å². The Hall–Kier alpha value is -8.20. The first-order chi connectivity index (χ1) is 35.7. The van der Waals surface area contributed by atoms with E-state index in [0.29, 0.717) is 0 Å². The fraction of sp³-hybridized carbons (Fsp3) is 0.167. The molecule has 0 unspecified atom stereocenters. The zero-order chi connectivity index (χ0) is 50.5. The van der Waals surface area contributed by atoms with Gasteiger partial charge in [0, 0.05) is 33.0 Å². The van der Waals surface area contributed by atoms with E-state index in [1.54, 1.807) is 0 Å². The van der Waals surface area contributed by atoms with Crippen molar-refractivity contribution in [2.24, 2.45) is 0 Å². The molecule has 2 aliphatic carbocycles. The summed E-state index contributed by atoms with van der Waals surface area (Å²) in [5, 5.41) is 0. The van der Waals surface area contributed by atoms with Gasteiger partial charge in [0.15, 0.2) is 0 Å². The van der Waals surface area contributed by atoms with Crippen LogP contribution in [0.4, 0.5) is 34.1 Å². The SMILES string of the molecule is CC1(C)c2cc(-c3ccc(-c4ccc5c(c4)N(c4ccccc4)c4ccccc4C5(C)C)cc3)ccc2-c2ccc(-c3ccc4c(c3)C(C)(C)c3cc5c(cc3-4)C(C)(C)c3ccccc3N5c3ccccc3)cc21. The number of benzene rings is 10. The fourth-order valence-electron chi connectivity index (χ4n) is 13.7. The first-order valence-corrected chi connectivity index (χ1v) is 26.5. The molecule has 2 aliphatic heterocycles. The maximum atomic E-state index is 2.52. The molecule has 0 atom stereocenters. The molecule has 0 aromatic heterocycles. The van der Waals surface area contributed by atoms with Crippen LogP contribution in [0.5, 0.6) is 0 Å². The molecular formula is C72H60N2. The first kappa shape index (κ1) is 44.5. The van der Waals surface area contributed by atoms with E-state index >= 15 is 0 Å². The Balaban J connectivity index is 0.770. The highest BCUT2D eigenvalue weighted by Crippen LogP contribution is 2.59. The molecule has 14 rings (SSSR count). The van der Waals surface area contributed by atoms with Gasteiger partial charge in [0.2, 0.25) is 0 Å². The van der Waals surface area contributed by atoms with Crippen LogP contribution in [0.2, 0.25) is 0 Å². The number of fused-ring (bicyclic) bond motifs is 10. The van der Waals surface area contributed by atoms with Crippen LogP contribution in [0.25, 0.3) is 55.6 Å². The highest BCUT2D eigenvalue weighted by molar-refractivity contribution is 5.94. The van der Waals surface area contributed by atoms with Gasteiger partial charge in [0.05, 0.1) is 22.7 Å². The van der Waals surface area contributed by atoms with Gasteiger partial charge in [0.25, 0.3) is 0 Å². The quantitative estimate of drug-likeness (QED) is 0.170. The lowest BCUT2D eigenvalue weighted by atomic mass is 9.72. The van der Waals surface area contributed by atoms with Gasteiger partial charge in [-0.05, 0) is 173 Å². The summed E-state index contributed by atoms with van der Waals surface area (Å²) < 4.78 is 0. The molecule has 0 N–H and O–H groups in total. The van der Waals surface area contributed by atoms with E-state index in [-0.39, 0.29) is 21.7 Å². The van der Waals surface area contributed by atoms with Crippen molar-refractivity contribution in [3.63, 3.8) is 0 Å². The van der Waals surface area contributed by atoms with Crippen LogP contribution in [0.1, 0.15) is 99.9 Å². The van der Waals surface area contributed by atoms with E-state index < -0.39 is 0 Å². The lowest BCUT2D eigenvalue weighted by molar-refractivity contribution is 0.627. The summed E-state index contributed by atoms with van der Waals surface area (Å²) >= 11 is 0. The summed E-state index contributed by atoms with van der Waals surface area (Å²) in [5.74, 6) is 0. The zero-order valence-corrected chi connectivity index (χ0v) is 43.7. The van der Waals surface area contributed by atoms with Crippen molar-refractivity contribution in [2.45, 2.75) is 77.0 Å². The molecule has 2 heterocycles. The molecule has 2 nitrogen and oxygen atoms in total. The van der Waals surface area contributed by atoms with Crippen LogP contribution in [0, 0.1) is 0 Å². The van der Waals surface area contributed by atoms with Crippen molar-refractivity contribution >= 4 is 34.1 Å². The Kier molecular flexibility index (Phi) is 9.41. The summed E-state index contributed by atoms with van der Waals surface area (Å²) in [6.45, 7) is 19.2. The van der Waals surface area contributed by atoms with E-state index in [4.69, 9.17) is 0 Å². The Morgan fingerprint density at radius 3 is 1.03 bits per heavy atom. The van der Waals surface area contributed by atoms with Gasteiger partial charge in [0.1, 0.15) is 0 Å². The molecule has 4 aliphatic rings.